The van der Waals surface area contributed by atoms with Crippen molar-refractivity contribution >= 4 is 47.1 Å². The maximum absolute atomic E-state index is 13.0. The molecule has 2 aromatic rings. The Bertz CT molecular complexity index is 1040. The van der Waals surface area contributed by atoms with Crippen molar-refractivity contribution in [1.29, 1.82) is 0 Å². The number of halogens is 1. The third-order valence-corrected chi connectivity index (χ3v) is 5.14. The zero-order chi connectivity index (χ0) is 25.3. The van der Waals surface area contributed by atoms with Gasteiger partial charge in [-0.25, -0.2) is 0 Å². The van der Waals surface area contributed by atoms with Crippen LogP contribution >= 0.6 is 11.6 Å². The fourth-order valence-electron chi connectivity index (χ4n) is 3.11. The van der Waals surface area contributed by atoms with Crippen LogP contribution in [0.25, 0.3) is 0 Å². The molecule has 2 rings (SSSR count). The number of nitrogens with zero attached hydrogens (tertiary/aromatic N) is 2. The number of phenols is 1. The summed E-state index contributed by atoms with van der Waals surface area (Å²) in [5, 5.41) is 15.5. The maximum Gasteiger partial charge on any atom is 0.262 e. The lowest BCUT2D eigenvalue weighted by Gasteiger charge is -2.23. The van der Waals surface area contributed by atoms with Gasteiger partial charge < -0.3 is 20.6 Å². The number of phenolic OH excluding ortho intramolecular Hbond substituents is 1. The van der Waals surface area contributed by atoms with Gasteiger partial charge >= 0.3 is 0 Å². The van der Waals surface area contributed by atoms with E-state index >= 15 is 0 Å². The van der Waals surface area contributed by atoms with Crippen molar-refractivity contribution in [1.82, 2.24) is 10.2 Å². The van der Waals surface area contributed by atoms with Gasteiger partial charge in [-0.05, 0) is 42.7 Å². The number of rotatable bonds is 11. The van der Waals surface area contributed by atoms with Crippen molar-refractivity contribution in [2.24, 2.45) is 5.92 Å². The molecule has 9 nitrogen and oxygen atoms in total. The number of amides is 4. The van der Waals surface area contributed by atoms with Gasteiger partial charge in [0.2, 0.25) is 18.2 Å². The first-order valence-electron chi connectivity index (χ1n) is 10.7. The summed E-state index contributed by atoms with van der Waals surface area (Å²) >= 11 is 5.91. The van der Waals surface area contributed by atoms with Crippen molar-refractivity contribution in [3.63, 3.8) is 0 Å². The number of aromatic hydroxyl groups is 1. The van der Waals surface area contributed by atoms with E-state index < -0.39 is 24.3 Å². The van der Waals surface area contributed by atoms with Crippen LogP contribution in [0, 0.1) is 5.92 Å². The van der Waals surface area contributed by atoms with Gasteiger partial charge in [-0.15, -0.1) is 0 Å². The number of nitrogens with one attached hydrogen (secondary N) is 2. The van der Waals surface area contributed by atoms with Gasteiger partial charge in [0.05, 0.1) is 17.8 Å². The molecule has 10 heteroatoms. The summed E-state index contributed by atoms with van der Waals surface area (Å²) in [6, 6.07) is 10.7. The molecule has 4 amide bonds. The fraction of sp³-hybridized carbons (Fsp3) is 0.333. The van der Waals surface area contributed by atoms with E-state index in [0.717, 1.165) is 11.3 Å². The molecule has 34 heavy (non-hydrogen) atoms. The van der Waals surface area contributed by atoms with E-state index in [1.165, 1.54) is 29.2 Å². The molecule has 0 radical (unpaired) electrons. The number of likely N-dealkylation sites (N-methyl/N-ethyl adjacent to an activating group) is 1. The smallest absolute Gasteiger partial charge is 0.262 e. The van der Waals surface area contributed by atoms with Crippen LogP contribution in [-0.4, -0.2) is 60.8 Å². The highest BCUT2D eigenvalue weighted by Crippen LogP contribution is 2.27. The summed E-state index contributed by atoms with van der Waals surface area (Å²) < 4.78 is 0. The van der Waals surface area contributed by atoms with Crippen LogP contribution < -0.4 is 15.5 Å². The van der Waals surface area contributed by atoms with E-state index in [9.17, 15) is 24.3 Å². The zero-order valence-electron chi connectivity index (χ0n) is 19.4. The van der Waals surface area contributed by atoms with Crippen molar-refractivity contribution in [2.45, 2.75) is 20.3 Å². The fourth-order valence-corrected chi connectivity index (χ4v) is 3.28. The molecule has 0 saturated heterocycles. The lowest BCUT2D eigenvalue weighted by atomic mass is 10.1. The molecule has 0 fully saturated rings. The van der Waals surface area contributed by atoms with Crippen LogP contribution in [0.15, 0.2) is 42.5 Å². The Kier molecular flexibility index (Phi) is 9.88. The van der Waals surface area contributed by atoms with E-state index in [4.69, 9.17) is 11.6 Å². The third-order valence-electron chi connectivity index (χ3n) is 4.91. The number of hydrogen-bond acceptors (Lipinski definition) is 6. The SMILES string of the molecule is CC(C)CCNC(=O)CN(C=O)C(=O)c1ccccc1N(C)CC(=O)Nc1cc(Cl)ccc1O. The Labute approximate surface area is 203 Å². The minimum atomic E-state index is -0.663. The highest BCUT2D eigenvalue weighted by atomic mass is 35.5. The van der Waals surface area contributed by atoms with Crippen LogP contribution in [0.4, 0.5) is 11.4 Å². The zero-order valence-corrected chi connectivity index (χ0v) is 20.1. The second-order valence-corrected chi connectivity index (χ2v) is 8.59. The number of carbonyl (C=O) groups excluding carboxylic acids is 4. The Hall–Kier alpha value is -3.59. The quantitative estimate of drug-likeness (QED) is 0.330. The molecule has 0 aliphatic rings. The first-order chi connectivity index (χ1) is 16.1. The molecule has 0 aliphatic heterocycles. The molecule has 3 N–H and O–H groups in total. The molecule has 2 aromatic carbocycles. The summed E-state index contributed by atoms with van der Waals surface area (Å²) in [5.74, 6) is -1.29. The van der Waals surface area contributed by atoms with Gasteiger partial charge in [-0.1, -0.05) is 37.6 Å². The first kappa shape index (κ1) is 26.7. The summed E-state index contributed by atoms with van der Waals surface area (Å²) in [6.07, 6.45) is 1.10. The average Bonchev–Trinajstić information content (AvgIpc) is 2.79. The summed E-state index contributed by atoms with van der Waals surface area (Å²) in [4.78, 5) is 51.6. The summed E-state index contributed by atoms with van der Waals surface area (Å²) in [5.41, 5.74) is 0.710. The minimum absolute atomic E-state index is 0.135. The molecule has 0 heterocycles. The molecular formula is C24H29ClN4O5. The average molecular weight is 489 g/mol. The molecule has 0 unspecified atom stereocenters. The highest BCUT2D eigenvalue weighted by molar-refractivity contribution is 6.31. The van der Waals surface area contributed by atoms with Crippen molar-refractivity contribution in [3.05, 3.63) is 53.1 Å². The summed E-state index contributed by atoms with van der Waals surface area (Å²) in [6.45, 7) is 3.94. The number of benzene rings is 2. The van der Waals surface area contributed by atoms with Crippen molar-refractivity contribution in [2.75, 3.05) is 36.9 Å². The molecule has 0 bridgehead atoms. The standard InChI is InChI=1S/C24H29ClN4O5/c1-16(2)10-11-26-22(32)14-29(15-30)24(34)18-6-4-5-7-20(18)28(3)13-23(33)27-19-12-17(25)8-9-21(19)31/h4-9,12,15-16,31H,10-11,13-14H2,1-3H3,(H,26,32)(H,27,33). The number of hydrogen-bond donors (Lipinski definition) is 3. The predicted molar refractivity (Wildman–Crippen MR) is 131 cm³/mol. The topological polar surface area (TPSA) is 119 Å². The number of imide groups is 1. The first-order valence-corrected chi connectivity index (χ1v) is 11.1. The molecule has 0 spiro atoms. The van der Waals surface area contributed by atoms with Gasteiger partial charge in [0.25, 0.3) is 5.91 Å². The predicted octanol–water partition coefficient (Wildman–Crippen LogP) is 2.88. The Balaban J connectivity index is 2.09. The maximum atomic E-state index is 13.0. The number of carbonyl (C=O) groups is 4. The second-order valence-electron chi connectivity index (χ2n) is 8.15. The van der Waals surface area contributed by atoms with E-state index in [-0.39, 0.29) is 23.5 Å². The summed E-state index contributed by atoms with van der Waals surface area (Å²) in [7, 11) is 1.60. The van der Waals surface area contributed by atoms with Crippen molar-refractivity contribution in [3.8, 4) is 5.75 Å². The number of anilines is 2. The van der Waals surface area contributed by atoms with E-state index in [1.807, 2.05) is 13.8 Å². The minimum Gasteiger partial charge on any atom is -0.506 e. The molecule has 182 valence electrons. The van der Waals surface area contributed by atoms with E-state index in [1.54, 1.807) is 25.2 Å². The highest BCUT2D eigenvalue weighted by Gasteiger charge is 2.23. The monoisotopic (exact) mass is 488 g/mol. The Morgan fingerprint density at radius 3 is 2.47 bits per heavy atom. The number of para-hydroxylation sites is 1. The Morgan fingerprint density at radius 1 is 1.09 bits per heavy atom. The van der Waals surface area contributed by atoms with Gasteiger partial charge in [-0.2, -0.15) is 0 Å². The van der Waals surface area contributed by atoms with Gasteiger partial charge in [-0.3, -0.25) is 24.1 Å². The molecule has 0 saturated carbocycles. The van der Waals surface area contributed by atoms with Crippen molar-refractivity contribution < 1.29 is 24.3 Å². The normalized spacial score (nSPS) is 10.5. The van der Waals surface area contributed by atoms with Gasteiger partial charge in [0.15, 0.2) is 0 Å². The van der Waals surface area contributed by atoms with Crippen LogP contribution in [-0.2, 0) is 14.4 Å². The van der Waals surface area contributed by atoms with Crippen LogP contribution in [0.5, 0.6) is 5.75 Å². The van der Waals surface area contributed by atoms with E-state index in [2.05, 4.69) is 10.6 Å². The molecule has 0 aliphatic carbocycles. The molecule has 0 atom stereocenters. The largest absolute Gasteiger partial charge is 0.506 e. The second kappa shape index (κ2) is 12.6. The van der Waals surface area contributed by atoms with E-state index in [0.29, 0.717) is 29.6 Å². The molecule has 0 aromatic heterocycles. The van der Waals surface area contributed by atoms with Gasteiger partial charge in [0.1, 0.15) is 12.3 Å². The van der Waals surface area contributed by atoms with Crippen LogP contribution in [0.2, 0.25) is 5.02 Å². The van der Waals surface area contributed by atoms with Crippen LogP contribution in [0.3, 0.4) is 0 Å². The lowest BCUT2D eigenvalue weighted by molar-refractivity contribution is -0.126. The third kappa shape index (κ3) is 7.77. The van der Waals surface area contributed by atoms with Gasteiger partial charge in [0, 0.05) is 24.3 Å². The molecular weight excluding hydrogens is 460 g/mol. The lowest BCUT2D eigenvalue weighted by Crippen LogP contribution is -2.41. The Morgan fingerprint density at radius 2 is 1.79 bits per heavy atom. The van der Waals surface area contributed by atoms with Crippen LogP contribution in [0.1, 0.15) is 30.6 Å².